The molecule has 0 aromatic heterocycles. The molecule has 0 saturated carbocycles. The van der Waals surface area contributed by atoms with Crippen LogP contribution in [0.15, 0.2) is 24.3 Å². The SMILES string of the molecule is CCCCOC(=O)OOOC(=O)c1ccc(CCC)cc1. The Morgan fingerprint density at radius 3 is 2.33 bits per heavy atom. The molecule has 0 spiro atoms. The van der Waals surface area contributed by atoms with Gasteiger partial charge >= 0.3 is 12.1 Å². The van der Waals surface area contributed by atoms with Gasteiger partial charge in [0.1, 0.15) is 0 Å². The molecule has 21 heavy (non-hydrogen) atoms. The van der Waals surface area contributed by atoms with Gasteiger partial charge in [-0.1, -0.05) is 38.8 Å². The third kappa shape index (κ3) is 6.76. The molecule has 1 aromatic carbocycles. The zero-order chi connectivity index (χ0) is 15.5. The molecule has 116 valence electrons. The van der Waals surface area contributed by atoms with Crippen molar-refractivity contribution >= 4 is 12.1 Å². The Kier molecular flexibility index (Phi) is 7.89. The topological polar surface area (TPSA) is 71.1 Å². The lowest BCUT2D eigenvalue weighted by atomic mass is 10.1. The van der Waals surface area contributed by atoms with Crippen molar-refractivity contribution in [2.45, 2.75) is 39.5 Å². The van der Waals surface area contributed by atoms with Gasteiger partial charge < -0.3 is 4.74 Å². The van der Waals surface area contributed by atoms with Crippen LogP contribution in [0.4, 0.5) is 4.79 Å². The summed E-state index contributed by atoms with van der Waals surface area (Å²) in [6.45, 7) is 4.26. The van der Waals surface area contributed by atoms with Crippen LogP contribution >= 0.6 is 0 Å². The third-order valence-electron chi connectivity index (χ3n) is 2.66. The van der Waals surface area contributed by atoms with Crippen molar-refractivity contribution in [3.05, 3.63) is 35.4 Å². The molecule has 0 aliphatic heterocycles. The molecule has 0 saturated heterocycles. The third-order valence-corrected chi connectivity index (χ3v) is 2.66. The van der Waals surface area contributed by atoms with Crippen molar-refractivity contribution in [1.29, 1.82) is 0 Å². The van der Waals surface area contributed by atoms with Crippen molar-refractivity contribution in [1.82, 2.24) is 0 Å². The van der Waals surface area contributed by atoms with E-state index in [1.165, 1.54) is 0 Å². The molecule has 1 rings (SSSR count). The van der Waals surface area contributed by atoms with E-state index in [0.29, 0.717) is 5.56 Å². The molecule has 6 heteroatoms. The van der Waals surface area contributed by atoms with Gasteiger partial charge in [0.25, 0.3) is 0 Å². The molecule has 0 bridgehead atoms. The molecule has 0 heterocycles. The monoisotopic (exact) mass is 296 g/mol. The van der Waals surface area contributed by atoms with Gasteiger partial charge in [0.05, 0.1) is 17.2 Å². The highest BCUT2D eigenvalue weighted by Gasteiger charge is 2.11. The molecule has 1 aromatic rings. The second kappa shape index (κ2) is 9.77. The van der Waals surface area contributed by atoms with Crippen LogP contribution in [-0.4, -0.2) is 18.7 Å². The van der Waals surface area contributed by atoms with Gasteiger partial charge in [0.15, 0.2) is 0 Å². The Morgan fingerprint density at radius 1 is 1.00 bits per heavy atom. The zero-order valence-corrected chi connectivity index (χ0v) is 12.3. The number of carbonyl (C=O) groups is 2. The van der Waals surface area contributed by atoms with Gasteiger partial charge in [-0.05, 0) is 30.5 Å². The number of hydrogen-bond donors (Lipinski definition) is 0. The normalized spacial score (nSPS) is 10.0. The van der Waals surface area contributed by atoms with Crippen LogP contribution in [-0.2, 0) is 26.0 Å². The first-order valence-electron chi connectivity index (χ1n) is 6.98. The lowest BCUT2D eigenvalue weighted by molar-refractivity contribution is -0.452. The maximum atomic E-state index is 11.6. The van der Waals surface area contributed by atoms with E-state index in [4.69, 9.17) is 0 Å². The predicted molar refractivity (Wildman–Crippen MR) is 74.3 cm³/mol. The van der Waals surface area contributed by atoms with Crippen LogP contribution in [0.1, 0.15) is 49.0 Å². The molecule has 0 radical (unpaired) electrons. The molecule has 0 N–H and O–H groups in total. The standard InChI is InChI=1S/C15H20O6/c1-3-5-11-18-15(17)20-21-19-14(16)13-9-7-12(6-4-2)8-10-13/h7-10H,3-6,11H2,1-2H3. The first-order chi connectivity index (χ1) is 10.2. The summed E-state index contributed by atoms with van der Waals surface area (Å²) in [6, 6.07) is 6.91. The van der Waals surface area contributed by atoms with Crippen LogP contribution in [0.5, 0.6) is 0 Å². The minimum Gasteiger partial charge on any atom is -0.432 e. The van der Waals surface area contributed by atoms with Crippen molar-refractivity contribution in [3.8, 4) is 0 Å². The zero-order valence-electron chi connectivity index (χ0n) is 12.3. The lowest BCUT2D eigenvalue weighted by Gasteiger charge is -2.04. The minimum absolute atomic E-state index is 0.228. The second-order valence-electron chi connectivity index (χ2n) is 4.42. The van der Waals surface area contributed by atoms with E-state index in [9.17, 15) is 9.59 Å². The maximum Gasteiger partial charge on any atom is 0.543 e. The largest absolute Gasteiger partial charge is 0.543 e. The van der Waals surface area contributed by atoms with Crippen LogP contribution in [0.2, 0.25) is 0 Å². The van der Waals surface area contributed by atoms with E-state index in [1.54, 1.807) is 12.1 Å². The highest BCUT2D eigenvalue weighted by Crippen LogP contribution is 2.08. The summed E-state index contributed by atoms with van der Waals surface area (Å²) in [4.78, 5) is 31.0. The van der Waals surface area contributed by atoms with Crippen LogP contribution in [0.3, 0.4) is 0 Å². The predicted octanol–water partition coefficient (Wildman–Crippen LogP) is 3.60. The first-order valence-corrected chi connectivity index (χ1v) is 6.98. The maximum absolute atomic E-state index is 11.6. The van der Waals surface area contributed by atoms with Crippen LogP contribution < -0.4 is 0 Å². The Balaban J connectivity index is 2.28. The molecule has 0 amide bonds. The number of carbonyl (C=O) groups excluding carboxylic acids is 2. The van der Waals surface area contributed by atoms with E-state index in [1.807, 2.05) is 19.1 Å². The van der Waals surface area contributed by atoms with Gasteiger partial charge in [-0.2, -0.15) is 0 Å². The van der Waals surface area contributed by atoms with Gasteiger partial charge in [-0.15, -0.1) is 0 Å². The fraction of sp³-hybridized carbons (Fsp3) is 0.467. The van der Waals surface area contributed by atoms with E-state index in [2.05, 4.69) is 26.5 Å². The number of unbranched alkanes of at least 4 members (excludes halogenated alkanes) is 1. The van der Waals surface area contributed by atoms with Gasteiger partial charge in [0, 0.05) is 0 Å². The Morgan fingerprint density at radius 2 is 1.71 bits per heavy atom. The molecule has 0 aliphatic carbocycles. The van der Waals surface area contributed by atoms with Gasteiger partial charge in [-0.25, -0.2) is 14.5 Å². The van der Waals surface area contributed by atoms with Crippen molar-refractivity contribution in [2.24, 2.45) is 0 Å². The number of aryl methyl sites for hydroxylation is 1. The number of rotatable bonds is 8. The van der Waals surface area contributed by atoms with Gasteiger partial charge in [0.2, 0.25) is 0 Å². The summed E-state index contributed by atoms with van der Waals surface area (Å²) in [5.41, 5.74) is 1.43. The molecule has 0 atom stereocenters. The van der Waals surface area contributed by atoms with Crippen molar-refractivity contribution in [3.63, 3.8) is 0 Å². The fourth-order valence-electron chi connectivity index (χ4n) is 1.54. The second-order valence-corrected chi connectivity index (χ2v) is 4.42. The summed E-state index contributed by atoms with van der Waals surface area (Å²) in [6.07, 6.45) is 2.53. The number of hydrogen-bond acceptors (Lipinski definition) is 6. The summed E-state index contributed by atoms with van der Waals surface area (Å²) >= 11 is 0. The van der Waals surface area contributed by atoms with Gasteiger partial charge in [-0.3, -0.25) is 4.89 Å². The van der Waals surface area contributed by atoms with E-state index < -0.39 is 12.1 Å². The molecule has 0 aliphatic rings. The number of benzene rings is 1. The minimum atomic E-state index is -1.05. The highest BCUT2D eigenvalue weighted by molar-refractivity contribution is 5.88. The summed E-state index contributed by atoms with van der Waals surface area (Å²) in [5.74, 6) is -0.751. The Bertz CT molecular complexity index is 440. The smallest absolute Gasteiger partial charge is 0.432 e. The lowest BCUT2D eigenvalue weighted by Crippen LogP contribution is -2.12. The number of ether oxygens (including phenoxy) is 1. The quantitative estimate of drug-likeness (QED) is 0.316. The average molecular weight is 296 g/mol. The van der Waals surface area contributed by atoms with E-state index in [-0.39, 0.29) is 6.61 Å². The summed E-state index contributed by atoms with van der Waals surface area (Å²) < 4.78 is 4.64. The van der Waals surface area contributed by atoms with Crippen LogP contribution in [0, 0.1) is 0 Å². The highest BCUT2D eigenvalue weighted by atomic mass is 17.5. The Hall–Kier alpha value is -2.08. The molecule has 6 nitrogen and oxygen atoms in total. The summed E-state index contributed by atoms with van der Waals surface area (Å²) in [5, 5.41) is 4.10. The van der Waals surface area contributed by atoms with Crippen molar-refractivity contribution in [2.75, 3.05) is 6.61 Å². The molecule has 0 fully saturated rings. The van der Waals surface area contributed by atoms with Crippen molar-refractivity contribution < 1.29 is 29.1 Å². The van der Waals surface area contributed by atoms with Crippen LogP contribution in [0.25, 0.3) is 0 Å². The van der Waals surface area contributed by atoms with E-state index in [0.717, 1.165) is 31.2 Å². The average Bonchev–Trinajstić information content (AvgIpc) is 2.48. The molecular formula is C15H20O6. The Labute approximate surface area is 123 Å². The fourth-order valence-corrected chi connectivity index (χ4v) is 1.54. The first kappa shape index (κ1) is 17.0. The molecular weight excluding hydrogens is 276 g/mol. The summed E-state index contributed by atoms with van der Waals surface area (Å²) in [7, 11) is 0. The molecule has 0 unspecified atom stereocenters. The van der Waals surface area contributed by atoms with E-state index >= 15 is 0 Å².